The number of unbranched alkanes of at least 4 members (excludes halogenated alkanes) is 1. The Hall–Kier alpha value is -3.81. The zero-order valence-corrected chi connectivity index (χ0v) is 18.5. The van der Waals surface area contributed by atoms with Gasteiger partial charge in [-0.25, -0.2) is 4.39 Å². The lowest BCUT2D eigenvalue weighted by Crippen LogP contribution is -1.90. The van der Waals surface area contributed by atoms with Crippen LogP contribution in [0.5, 0.6) is 0 Å². The van der Waals surface area contributed by atoms with Gasteiger partial charge < -0.3 is 0 Å². The van der Waals surface area contributed by atoms with E-state index in [9.17, 15) is 4.39 Å². The minimum Gasteiger partial charge on any atom is -0.205 e. The first-order valence-corrected chi connectivity index (χ1v) is 11.0. The van der Waals surface area contributed by atoms with Gasteiger partial charge >= 0.3 is 0 Å². The van der Waals surface area contributed by atoms with Gasteiger partial charge in [-0.05, 0) is 73.2 Å². The van der Waals surface area contributed by atoms with E-state index in [4.69, 9.17) is 0 Å². The number of aryl methyl sites for hydroxylation is 2. The maximum Gasteiger partial charge on any atom is 0.146 e. The third-order valence-corrected chi connectivity index (χ3v) is 5.47. The van der Waals surface area contributed by atoms with Crippen molar-refractivity contribution in [2.45, 2.75) is 33.1 Å². The summed E-state index contributed by atoms with van der Waals surface area (Å²) in [4.78, 5) is 0. The Morgan fingerprint density at radius 3 is 1.91 bits per heavy atom. The summed E-state index contributed by atoms with van der Waals surface area (Å²) in [7, 11) is 0. The highest BCUT2D eigenvalue weighted by Gasteiger charge is 2.06. The second-order valence-electron chi connectivity index (χ2n) is 8.03. The van der Waals surface area contributed by atoms with Crippen LogP contribution in [0.1, 0.15) is 53.1 Å². The van der Waals surface area contributed by atoms with Gasteiger partial charge in [-0.15, -0.1) is 0 Å². The quantitative estimate of drug-likeness (QED) is 0.305. The van der Waals surface area contributed by atoms with Crippen LogP contribution in [-0.4, -0.2) is 0 Å². The Bertz CT molecular complexity index is 1350. The zero-order chi connectivity index (χ0) is 22.3. The van der Waals surface area contributed by atoms with Crippen LogP contribution in [0.15, 0.2) is 78.9 Å². The largest absolute Gasteiger partial charge is 0.205 e. The fraction of sp³-hybridized carbons (Fsp3) is 0.161. The van der Waals surface area contributed by atoms with Crippen LogP contribution in [0.25, 0.3) is 10.8 Å². The Morgan fingerprint density at radius 2 is 1.28 bits per heavy atom. The molecule has 0 aliphatic carbocycles. The van der Waals surface area contributed by atoms with Gasteiger partial charge in [0.05, 0.1) is 5.56 Å². The van der Waals surface area contributed by atoms with Crippen molar-refractivity contribution >= 4 is 10.8 Å². The molecule has 0 fully saturated rings. The Morgan fingerprint density at radius 1 is 0.688 bits per heavy atom. The van der Waals surface area contributed by atoms with Gasteiger partial charge in [-0.1, -0.05) is 79.0 Å². The highest BCUT2D eigenvalue weighted by Crippen LogP contribution is 2.23. The number of fused-ring (bicyclic) bond motifs is 1. The molecule has 4 aromatic rings. The molecule has 0 aliphatic heterocycles. The molecule has 0 heterocycles. The summed E-state index contributed by atoms with van der Waals surface area (Å²) < 4.78 is 15.0. The Labute approximate surface area is 190 Å². The summed E-state index contributed by atoms with van der Waals surface area (Å²) >= 11 is 0. The third-order valence-electron chi connectivity index (χ3n) is 5.47. The molecule has 156 valence electrons. The zero-order valence-electron chi connectivity index (χ0n) is 18.5. The molecule has 0 saturated carbocycles. The number of benzene rings is 4. The molecule has 4 aromatic carbocycles. The summed E-state index contributed by atoms with van der Waals surface area (Å²) in [5, 5.41) is 1.55. The van der Waals surface area contributed by atoms with E-state index in [1.54, 1.807) is 6.07 Å². The molecule has 0 saturated heterocycles. The smallest absolute Gasteiger partial charge is 0.146 e. The van der Waals surface area contributed by atoms with E-state index in [2.05, 4.69) is 55.7 Å². The number of rotatable bonds is 3. The van der Waals surface area contributed by atoms with Gasteiger partial charge in [0.2, 0.25) is 0 Å². The molecule has 0 nitrogen and oxygen atoms in total. The SMILES string of the molecule is CCCCc1ccc2c(F)c(C#Cc3ccc(C#Cc4ccc(C)cc4)cc3)ccc2c1. The van der Waals surface area contributed by atoms with Crippen LogP contribution in [0.2, 0.25) is 0 Å². The molecule has 32 heavy (non-hydrogen) atoms. The van der Waals surface area contributed by atoms with E-state index >= 15 is 0 Å². The maximum absolute atomic E-state index is 15.0. The van der Waals surface area contributed by atoms with E-state index in [0.29, 0.717) is 10.9 Å². The lowest BCUT2D eigenvalue weighted by atomic mass is 10.0. The second-order valence-corrected chi connectivity index (χ2v) is 8.03. The van der Waals surface area contributed by atoms with Crippen LogP contribution in [0.4, 0.5) is 4.39 Å². The number of hydrogen-bond donors (Lipinski definition) is 0. The van der Waals surface area contributed by atoms with E-state index in [-0.39, 0.29) is 5.82 Å². The average Bonchev–Trinajstić information content (AvgIpc) is 2.82. The second kappa shape index (κ2) is 10.00. The van der Waals surface area contributed by atoms with Gasteiger partial charge in [0, 0.05) is 22.1 Å². The molecule has 0 N–H and O–H groups in total. The molecular weight excluding hydrogens is 391 g/mol. The number of halogens is 1. The van der Waals surface area contributed by atoms with Crippen molar-refractivity contribution in [1.82, 2.24) is 0 Å². The first-order valence-electron chi connectivity index (χ1n) is 11.0. The normalized spacial score (nSPS) is 10.2. The van der Waals surface area contributed by atoms with Crippen molar-refractivity contribution in [3.63, 3.8) is 0 Å². The number of hydrogen-bond acceptors (Lipinski definition) is 0. The highest BCUT2D eigenvalue weighted by molar-refractivity contribution is 5.85. The molecule has 0 unspecified atom stereocenters. The first kappa shape index (κ1) is 21.4. The van der Waals surface area contributed by atoms with E-state index in [0.717, 1.165) is 41.3 Å². The van der Waals surface area contributed by atoms with Gasteiger partial charge in [0.1, 0.15) is 5.82 Å². The summed E-state index contributed by atoms with van der Waals surface area (Å²) in [6.07, 6.45) is 3.33. The fourth-order valence-electron chi connectivity index (χ4n) is 3.53. The van der Waals surface area contributed by atoms with Crippen LogP contribution < -0.4 is 0 Å². The Kier molecular flexibility index (Phi) is 6.69. The van der Waals surface area contributed by atoms with Crippen molar-refractivity contribution in [2.75, 3.05) is 0 Å². The van der Waals surface area contributed by atoms with Crippen LogP contribution >= 0.6 is 0 Å². The molecule has 0 aromatic heterocycles. The molecule has 1 heteroatoms. The van der Waals surface area contributed by atoms with Crippen LogP contribution in [0, 0.1) is 36.4 Å². The predicted molar refractivity (Wildman–Crippen MR) is 132 cm³/mol. The molecule has 0 atom stereocenters. The molecule has 0 amide bonds. The highest BCUT2D eigenvalue weighted by atomic mass is 19.1. The van der Waals surface area contributed by atoms with Gasteiger partial charge in [-0.2, -0.15) is 0 Å². The lowest BCUT2D eigenvalue weighted by molar-refractivity contribution is 0.636. The predicted octanol–water partition coefficient (Wildman–Crippen LogP) is 7.43. The summed E-state index contributed by atoms with van der Waals surface area (Å²) in [6.45, 7) is 4.24. The van der Waals surface area contributed by atoms with Crippen molar-refractivity contribution in [2.24, 2.45) is 0 Å². The van der Waals surface area contributed by atoms with Crippen molar-refractivity contribution in [3.8, 4) is 23.7 Å². The minimum atomic E-state index is -0.252. The molecule has 0 bridgehead atoms. The molecule has 0 radical (unpaired) electrons. The third kappa shape index (κ3) is 5.26. The average molecular weight is 417 g/mol. The topological polar surface area (TPSA) is 0 Å². The van der Waals surface area contributed by atoms with Crippen molar-refractivity contribution < 1.29 is 4.39 Å². The van der Waals surface area contributed by atoms with Crippen LogP contribution in [-0.2, 0) is 6.42 Å². The summed E-state index contributed by atoms with van der Waals surface area (Å²) in [5.41, 5.74) is 5.64. The summed E-state index contributed by atoms with van der Waals surface area (Å²) in [6, 6.07) is 25.6. The Balaban J connectivity index is 1.51. The molecular formula is C31H25F. The van der Waals surface area contributed by atoms with E-state index < -0.39 is 0 Å². The molecule has 0 aliphatic rings. The monoisotopic (exact) mass is 416 g/mol. The standard InChI is InChI=1S/C31H25F/c1-3-4-5-27-17-21-30-29(22-27)20-19-28(31(30)32)18-16-26-14-12-25(13-15-26)11-10-24-8-6-23(2)7-9-24/h6-9,12-15,17,19-22H,3-5H2,1-2H3. The minimum absolute atomic E-state index is 0.252. The van der Waals surface area contributed by atoms with E-state index in [1.807, 2.05) is 54.6 Å². The van der Waals surface area contributed by atoms with Gasteiger partial charge in [0.15, 0.2) is 0 Å². The van der Waals surface area contributed by atoms with Crippen molar-refractivity contribution in [3.05, 3.63) is 118 Å². The maximum atomic E-state index is 15.0. The van der Waals surface area contributed by atoms with Gasteiger partial charge in [0.25, 0.3) is 0 Å². The van der Waals surface area contributed by atoms with Gasteiger partial charge in [-0.3, -0.25) is 0 Å². The summed E-state index contributed by atoms with van der Waals surface area (Å²) in [5.74, 6) is 12.2. The fourth-order valence-corrected chi connectivity index (χ4v) is 3.53. The van der Waals surface area contributed by atoms with Crippen LogP contribution in [0.3, 0.4) is 0 Å². The van der Waals surface area contributed by atoms with Crippen molar-refractivity contribution in [1.29, 1.82) is 0 Å². The first-order chi connectivity index (χ1) is 15.6. The molecule has 4 rings (SSSR count). The lowest BCUT2D eigenvalue weighted by Gasteiger charge is -2.05. The molecule has 0 spiro atoms. The van der Waals surface area contributed by atoms with E-state index in [1.165, 1.54) is 11.1 Å².